The quantitative estimate of drug-likeness (QED) is 0.619. The smallest absolute Gasteiger partial charge is 0.231 e. The number of likely N-dealkylation sites (N-methyl/N-ethyl adjacent to an activating group) is 1. The summed E-state index contributed by atoms with van der Waals surface area (Å²) >= 11 is 0. The molecule has 4 rings (SSSR count). The lowest BCUT2D eigenvalue weighted by Gasteiger charge is -2.19. The van der Waals surface area contributed by atoms with Crippen LogP contribution in [-0.4, -0.2) is 53.2 Å². The van der Waals surface area contributed by atoms with Gasteiger partial charge in [-0.3, -0.25) is 10.1 Å². The van der Waals surface area contributed by atoms with Gasteiger partial charge in [-0.15, -0.1) is 0 Å². The molecule has 0 atom stereocenters. The van der Waals surface area contributed by atoms with Gasteiger partial charge in [0, 0.05) is 13.1 Å². The van der Waals surface area contributed by atoms with E-state index in [4.69, 9.17) is 9.47 Å². The largest absolute Gasteiger partial charge is 0.486 e. The Morgan fingerprint density at radius 3 is 2.67 bits per heavy atom. The minimum atomic E-state index is -0.105. The summed E-state index contributed by atoms with van der Waals surface area (Å²) in [6.45, 7) is 9.05. The van der Waals surface area contributed by atoms with Gasteiger partial charge in [0.15, 0.2) is 11.5 Å². The molecule has 2 aromatic carbocycles. The van der Waals surface area contributed by atoms with Crippen molar-refractivity contribution in [1.29, 1.82) is 0 Å². The zero-order valence-corrected chi connectivity index (χ0v) is 17.6. The number of para-hydroxylation sites is 2. The van der Waals surface area contributed by atoms with Crippen molar-refractivity contribution in [2.24, 2.45) is 0 Å². The highest BCUT2D eigenvalue weighted by molar-refractivity contribution is 5.93. The van der Waals surface area contributed by atoms with Gasteiger partial charge in [0.2, 0.25) is 11.9 Å². The van der Waals surface area contributed by atoms with E-state index in [9.17, 15) is 4.79 Å². The highest BCUT2D eigenvalue weighted by atomic mass is 16.6. The van der Waals surface area contributed by atoms with Crippen LogP contribution in [0, 0.1) is 0 Å². The zero-order valence-electron chi connectivity index (χ0n) is 17.6. The van der Waals surface area contributed by atoms with E-state index in [1.165, 1.54) is 0 Å². The number of benzene rings is 2. The maximum absolute atomic E-state index is 12.8. The topological polar surface area (TPSA) is 68.6 Å². The van der Waals surface area contributed by atoms with Crippen molar-refractivity contribution in [2.45, 2.75) is 26.8 Å². The van der Waals surface area contributed by atoms with Crippen LogP contribution in [0.4, 0.5) is 5.95 Å². The van der Waals surface area contributed by atoms with Crippen LogP contribution in [0.1, 0.15) is 19.4 Å². The minimum absolute atomic E-state index is 0.105. The van der Waals surface area contributed by atoms with Gasteiger partial charge >= 0.3 is 0 Å². The van der Waals surface area contributed by atoms with Crippen LogP contribution in [0.15, 0.2) is 42.5 Å². The van der Waals surface area contributed by atoms with Crippen LogP contribution < -0.4 is 14.8 Å². The Morgan fingerprint density at radius 2 is 1.87 bits per heavy atom. The van der Waals surface area contributed by atoms with Gasteiger partial charge in [-0.25, -0.2) is 4.98 Å². The first-order valence-corrected chi connectivity index (χ1v) is 10.5. The third-order valence-electron chi connectivity index (χ3n) is 5.41. The van der Waals surface area contributed by atoms with Crippen molar-refractivity contribution in [2.75, 3.05) is 38.2 Å². The lowest BCUT2D eigenvalue weighted by Crippen LogP contribution is -2.28. The third-order valence-corrected chi connectivity index (χ3v) is 5.41. The Hall–Kier alpha value is -3.06. The molecular weight excluding hydrogens is 380 g/mol. The van der Waals surface area contributed by atoms with Gasteiger partial charge in [0.05, 0.1) is 17.5 Å². The van der Waals surface area contributed by atoms with Crippen molar-refractivity contribution in [3.63, 3.8) is 0 Å². The van der Waals surface area contributed by atoms with Crippen LogP contribution in [0.3, 0.4) is 0 Å². The molecule has 0 fully saturated rings. The third kappa shape index (κ3) is 4.41. The van der Waals surface area contributed by atoms with Crippen LogP contribution in [0.25, 0.3) is 11.0 Å². The number of carbonyl (C=O) groups excluding carboxylic acids is 1. The number of anilines is 1. The summed E-state index contributed by atoms with van der Waals surface area (Å²) in [5, 5.41) is 3.01. The molecular formula is C23H28N4O3. The lowest BCUT2D eigenvalue weighted by atomic mass is 10.1. The first-order chi connectivity index (χ1) is 14.7. The molecule has 7 nitrogen and oxygen atoms in total. The molecule has 1 aromatic heterocycles. The number of hydrogen-bond acceptors (Lipinski definition) is 5. The molecule has 0 unspecified atom stereocenters. The number of ether oxygens (including phenoxy) is 2. The van der Waals surface area contributed by atoms with Crippen molar-refractivity contribution >= 4 is 22.9 Å². The number of amides is 1. The molecule has 1 N–H and O–H groups in total. The van der Waals surface area contributed by atoms with Crippen molar-refractivity contribution in [3.05, 3.63) is 48.0 Å². The molecule has 0 saturated carbocycles. The second kappa shape index (κ2) is 9.17. The van der Waals surface area contributed by atoms with Crippen molar-refractivity contribution < 1.29 is 14.3 Å². The number of hydrogen-bond donors (Lipinski definition) is 1. The minimum Gasteiger partial charge on any atom is -0.486 e. The van der Waals surface area contributed by atoms with E-state index >= 15 is 0 Å². The fourth-order valence-electron chi connectivity index (χ4n) is 3.73. The standard InChI is InChI=1S/C23H28N4O3/c1-3-26(4-2)11-12-27-19-8-6-5-7-18(19)24-23(27)25-22(28)16-17-9-10-20-21(15-17)30-14-13-29-20/h5-10,15H,3-4,11-14,16H2,1-2H3,(H,24,25,28). The van der Waals surface area contributed by atoms with Crippen molar-refractivity contribution in [1.82, 2.24) is 14.5 Å². The van der Waals surface area contributed by atoms with Gasteiger partial charge in [0.1, 0.15) is 13.2 Å². The number of rotatable bonds is 8. The second-order valence-electron chi connectivity index (χ2n) is 7.31. The van der Waals surface area contributed by atoms with Gasteiger partial charge in [-0.05, 0) is 42.9 Å². The molecule has 0 saturated heterocycles. The monoisotopic (exact) mass is 408 g/mol. The maximum Gasteiger partial charge on any atom is 0.231 e. The molecule has 1 aliphatic heterocycles. The summed E-state index contributed by atoms with van der Waals surface area (Å²) in [4.78, 5) is 19.8. The molecule has 2 heterocycles. The van der Waals surface area contributed by atoms with E-state index in [1.54, 1.807) is 0 Å². The normalized spacial score (nSPS) is 13.0. The van der Waals surface area contributed by atoms with E-state index in [2.05, 4.69) is 33.6 Å². The molecule has 0 bridgehead atoms. The summed E-state index contributed by atoms with van der Waals surface area (Å²) in [7, 11) is 0. The number of fused-ring (bicyclic) bond motifs is 2. The number of imidazole rings is 1. The number of carbonyl (C=O) groups is 1. The molecule has 1 aliphatic rings. The molecule has 158 valence electrons. The summed E-state index contributed by atoms with van der Waals surface area (Å²) in [5.74, 6) is 1.90. The predicted octanol–water partition coefficient (Wildman–Crippen LogP) is 3.33. The highest BCUT2D eigenvalue weighted by Crippen LogP contribution is 2.31. The van der Waals surface area contributed by atoms with Gasteiger partial charge in [-0.2, -0.15) is 0 Å². The summed E-state index contributed by atoms with van der Waals surface area (Å²) in [6.07, 6.45) is 0.246. The summed E-state index contributed by atoms with van der Waals surface area (Å²) in [5.41, 5.74) is 2.79. The lowest BCUT2D eigenvalue weighted by molar-refractivity contribution is -0.115. The Bertz CT molecular complexity index is 1030. The first kappa shape index (κ1) is 20.2. The molecule has 0 aliphatic carbocycles. The average Bonchev–Trinajstić information content (AvgIpc) is 3.11. The zero-order chi connectivity index (χ0) is 20.9. The Balaban J connectivity index is 1.51. The van der Waals surface area contributed by atoms with Gasteiger partial charge in [0.25, 0.3) is 0 Å². The summed E-state index contributed by atoms with van der Waals surface area (Å²) in [6, 6.07) is 13.6. The van der Waals surface area contributed by atoms with Gasteiger partial charge in [-0.1, -0.05) is 32.0 Å². The number of nitrogens with one attached hydrogen (secondary N) is 1. The Kier molecular flexibility index (Phi) is 6.18. The fraction of sp³-hybridized carbons (Fsp3) is 0.391. The van der Waals surface area contributed by atoms with E-state index in [-0.39, 0.29) is 12.3 Å². The maximum atomic E-state index is 12.8. The van der Waals surface area contributed by atoms with Crippen molar-refractivity contribution in [3.8, 4) is 11.5 Å². The Labute approximate surface area is 176 Å². The molecule has 3 aromatic rings. The molecule has 1 amide bonds. The molecule has 0 radical (unpaired) electrons. The van der Waals surface area contributed by atoms with E-state index < -0.39 is 0 Å². The fourth-order valence-corrected chi connectivity index (χ4v) is 3.73. The number of aromatic nitrogens is 2. The van der Waals surface area contributed by atoms with Crippen LogP contribution in [0.2, 0.25) is 0 Å². The van der Waals surface area contributed by atoms with E-state index in [1.807, 2.05) is 42.5 Å². The van der Waals surface area contributed by atoms with E-state index in [0.29, 0.717) is 24.9 Å². The van der Waals surface area contributed by atoms with Crippen LogP contribution >= 0.6 is 0 Å². The SMILES string of the molecule is CCN(CC)CCn1c(NC(=O)Cc2ccc3c(c2)OCCO3)nc2ccccc21. The molecule has 0 spiro atoms. The predicted molar refractivity (Wildman–Crippen MR) is 117 cm³/mol. The molecule has 30 heavy (non-hydrogen) atoms. The Morgan fingerprint density at radius 1 is 1.10 bits per heavy atom. The summed E-state index contributed by atoms with van der Waals surface area (Å²) < 4.78 is 13.3. The average molecular weight is 409 g/mol. The number of nitrogens with zero attached hydrogens (tertiary/aromatic N) is 3. The van der Waals surface area contributed by atoms with Gasteiger partial charge < -0.3 is 18.9 Å². The first-order valence-electron chi connectivity index (χ1n) is 10.5. The molecule has 7 heteroatoms. The highest BCUT2D eigenvalue weighted by Gasteiger charge is 2.16. The van der Waals surface area contributed by atoms with E-state index in [0.717, 1.165) is 48.5 Å². The van der Waals surface area contributed by atoms with Crippen LogP contribution in [-0.2, 0) is 17.8 Å². The van der Waals surface area contributed by atoms with Crippen LogP contribution in [0.5, 0.6) is 11.5 Å². The second-order valence-corrected chi connectivity index (χ2v) is 7.31.